The SMILES string of the molecule is CCCCCCCCCCCCCCCCCCCCCCCCCC(=O)NC(CO[C@H]1O[C@H](CO)[C@H](O)[C@H](O)[C@H]1O)C(O)C(O)C(O)CCCCCCCCCCCCC. The standard InChI is InChI=1S/C50H99NO10/c1-3-5-7-9-11-13-15-16-17-18-19-20-21-22-23-24-25-26-28-30-32-34-36-38-44(54)51-41(40-60-50-49(59)48(58)47(57)43(39-52)61-50)45(55)46(56)42(53)37-35-33-31-29-27-14-12-10-8-6-4-2/h41-43,45-50,52-53,55-59H,3-40H2,1-2H3,(H,51,54)/t41?,42?,43-,45?,46?,47+,48+,49-,50+/m1/s1. The monoisotopic (exact) mass is 874 g/mol. The van der Waals surface area contributed by atoms with Gasteiger partial charge in [-0.25, -0.2) is 0 Å². The van der Waals surface area contributed by atoms with Gasteiger partial charge in [0, 0.05) is 6.42 Å². The Kier molecular flexibility index (Phi) is 38.7. The van der Waals surface area contributed by atoms with Gasteiger partial charge in [-0.05, 0) is 12.8 Å². The van der Waals surface area contributed by atoms with Gasteiger partial charge in [-0.1, -0.05) is 226 Å². The highest BCUT2D eigenvalue weighted by molar-refractivity contribution is 5.76. The molecule has 0 aliphatic carbocycles. The van der Waals surface area contributed by atoms with Crippen LogP contribution < -0.4 is 5.32 Å². The first-order valence-electron chi connectivity index (χ1n) is 25.9. The predicted octanol–water partition coefficient (Wildman–Crippen LogP) is 9.45. The molecule has 0 spiro atoms. The van der Waals surface area contributed by atoms with E-state index in [0.29, 0.717) is 19.3 Å². The third-order valence-corrected chi connectivity index (χ3v) is 12.9. The number of hydrogen-bond donors (Lipinski definition) is 8. The molecule has 364 valence electrons. The third-order valence-electron chi connectivity index (χ3n) is 12.9. The van der Waals surface area contributed by atoms with Crippen molar-refractivity contribution < 1.29 is 50.0 Å². The normalized spacial score (nSPS) is 21.4. The minimum atomic E-state index is -1.66. The van der Waals surface area contributed by atoms with E-state index < -0.39 is 68.3 Å². The summed E-state index contributed by atoms with van der Waals surface area (Å²) in [5, 5.41) is 76.0. The Morgan fingerprint density at radius 3 is 1.25 bits per heavy atom. The summed E-state index contributed by atoms with van der Waals surface area (Å²) in [6.07, 6.45) is 31.1. The zero-order valence-corrected chi connectivity index (χ0v) is 39.4. The molecular weight excluding hydrogens is 775 g/mol. The molecule has 1 saturated heterocycles. The molecule has 0 aromatic rings. The van der Waals surface area contributed by atoms with E-state index in [1.54, 1.807) is 0 Å². The number of aliphatic hydroxyl groups excluding tert-OH is 7. The Balaban J connectivity index is 2.32. The first-order chi connectivity index (χ1) is 29.7. The molecule has 1 aliphatic heterocycles. The van der Waals surface area contributed by atoms with Crippen LogP contribution in [0.3, 0.4) is 0 Å². The van der Waals surface area contributed by atoms with Crippen molar-refractivity contribution in [2.45, 2.75) is 300 Å². The van der Waals surface area contributed by atoms with E-state index in [4.69, 9.17) is 9.47 Å². The van der Waals surface area contributed by atoms with E-state index in [1.807, 2.05) is 0 Å². The zero-order chi connectivity index (χ0) is 44.8. The van der Waals surface area contributed by atoms with Gasteiger partial charge in [0.15, 0.2) is 6.29 Å². The molecule has 0 aromatic carbocycles. The molecule has 1 fully saturated rings. The van der Waals surface area contributed by atoms with Crippen molar-refractivity contribution in [1.29, 1.82) is 0 Å². The van der Waals surface area contributed by atoms with Crippen LogP contribution in [-0.4, -0.2) is 110 Å². The Morgan fingerprint density at radius 2 is 0.869 bits per heavy atom. The Labute approximate surface area is 373 Å². The lowest BCUT2D eigenvalue weighted by molar-refractivity contribution is -0.303. The Morgan fingerprint density at radius 1 is 0.508 bits per heavy atom. The van der Waals surface area contributed by atoms with E-state index in [2.05, 4.69) is 19.2 Å². The van der Waals surface area contributed by atoms with Crippen LogP contribution in [0.15, 0.2) is 0 Å². The average molecular weight is 874 g/mol. The van der Waals surface area contributed by atoms with Gasteiger partial charge in [-0.15, -0.1) is 0 Å². The molecule has 61 heavy (non-hydrogen) atoms. The smallest absolute Gasteiger partial charge is 0.220 e. The minimum Gasteiger partial charge on any atom is -0.394 e. The molecule has 0 radical (unpaired) electrons. The summed E-state index contributed by atoms with van der Waals surface area (Å²) in [6.45, 7) is 3.45. The van der Waals surface area contributed by atoms with Gasteiger partial charge in [0.05, 0.1) is 25.4 Å². The van der Waals surface area contributed by atoms with Crippen molar-refractivity contribution in [3.05, 3.63) is 0 Å². The van der Waals surface area contributed by atoms with Gasteiger partial charge in [-0.3, -0.25) is 4.79 Å². The largest absolute Gasteiger partial charge is 0.394 e. The van der Waals surface area contributed by atoms with Crippen LogP contribution in [0, 0.1) is 0 Å². The second-order valence-electron chi connectivity index (χ2n) is 18.6. The van der Waals surface area contributed by atoms with Gasteiger partial charge >= 0.3 is 0 Å². The number of carbonyl (C=O) groups is 1. The quantitative estimate of drug-likeness (QED) is 0.0274. The molecular formula is C50H99NO10. The first-order valence-corrected chi connectivity index (χ1v) is 25.9. The highest BCUT2D eigenvalue weighted by Crippen LogP contribution is 2.23. The topological polar surface area (TPSA) is 189 Å². The molecule has 0 saturated carbocycles. The number of amides is 1. The van der Waals surface area contributed by atoms with E-state index in [9.17, 15) is 40.5 Å². The highest BCUT2D eigenvalue weighted by Gasteiger charge is 2.44. The summed E-state index contributed by atoms with van der Waals surface area (Å²) < 4.78 is 11.1. The van der Waals surface area contributed by atoms with E-state index >= 15 is 0 Å². The number of aliphatic hydroxyl groups is 7. The van der Waals surface area contributed by atoms with Gasteiger partial charge in [0.25, 0.3) is 0 Å². The molecule has 0 bridgehead atoms. The summed E-state index contributed by atoms with van der Waals surface area (Å²) >= 11 is 0. The minimum absolute atomic E-state index is 0.222. The highest BCUT2D eigenvalue weighted by atomic mass is 16.7. The summed E-state index contributed by atoms with van der Waals surface area (Å²) in [5.74, 6) is -0.336. The predicted molar refractivity (Wildman–Crippen MR) is 247 cm³/mol. The van der Waals surface area contributed by atoms with Crippen molar-refractivity contribution in [3.63, 3.8) is 0 Å². The molecule has 1 rings (SSSR count). The van der Waals surface area contributed by atoms with Crippen LogP contribution in [0.1, 0.15) is 245 Å². The lowest BCUT2D eigenvalue weighted by Gasteiger charge is -2.40. The maximum atomic E-state index is 13.1. The van der Waals surface area contributed by atoms with Crippen LogP contribution in [0.2, 0.25) is 0 Å². The molecule has 11 nitrogen and oxygen atoms in total. The number of carbonyl (C=O) groups excluding carboxylic acids is 1. The van der Waals surface area contributed by atoms with Crippen molar-refractivity contribution in [1.82, 2.24) is 5.32 Å². The van der Waals surface area contributed by atoms with Crippen molar-refractivity contribution in [2.24, 2.45) is 0 Å². The van der Waals surface area contributed by atoms with Crippen LogP contribution in [0.25, 0.3) is 0 Å². The maximum absolute atomic E-state index is 13.1. The second-order valence-corrected chi connectivity index (χ2v) is 18.6. The fraction of sp³-hybridized carbons (Fsp3) is 0.980. The Hall–Kier alpha value is -0.890. The number of hydrogen-bond acceptors (Lipinski definition) is 10. The van der Waals surface area contributed by atoms with Crippen LogP contribution >= 0.6 is 0 Å². The maximum Gasteiger partial charge on any atom is 0.220 e. The van der Waals surface area contributed by atoms with Crippen LogP contribution in [0.5, 0.6) is 0 Å². The lowest BCUT2D eigenvalue weighted by atomic mass is 9.96. The second kappa shape index (κ2) is 40.6. The molecule has 8 N–H and O–H groups in total. The number of ether oxygens (including phenoxy) is 2. The van der Waals surface area contributed by atoms with E-state index in [-0.39, 0.29) is 12.3 Å². The Bertz CT molecular complexity index is 959. The molecule has 9 atom stereocenters. The molecule has 1 amide bonds. The zero-order valence-electron chi connectivity index (χ0n) is 39.4. The van der Waals surface area contributed by atoms with Gasteiger partial charge in [0.1, 0.15) is 36.6 Å². The summed E-state index contributed by atoms with van der Waals surface area (Å²) in [4.78, 5) is 13.1. The van der Waals surface area contributed by atoms with Crippen LogP contribution in [0.4, 0.5) is 0 Å². The van der Waals surface area contributed by atoms with Gasteiger partial charge < -0.3 is 50.5 Å². The van der Waals surface area contributed by atoms with Crippen molar-refractivity contribution in [2.75, 3.05) is 13.2 Å². The van der Waals surface area contributed by atoms with Crippen molar-refractivity contribution >= 4 is 5.91 Å². The van der Waals surface area contributed by atoms with Gasteiger partial charge in [-0.2, -0.15) is 0 Å². The number of unbranched alkanes of at least 4 members (excludes halogenated alkanes) is 32. The molecule has 1 heterocycles. The fourth-order valence-electron chi connectivity index (χ4n) is 8.63. The summed E-state index contributed by atoms with van der Waals surface area (Å²) in [7, 11) is 0. The summed E-state index contributed by atoms with van der Waals surface area (Å²) in [6, 6.07) is -1.16. The third kappa shape index (κ3) is 30.0. The first kappa shape index (κ1) is 58.1. The molecule has 4 unspecified atom stereocenters. The molecule has 0 aromatic heterocycles. The van der Waals surface area contributed by atoms with E-state index in [1.165, 1.54) is 167 Å². The van der Waals surface area contributed by atoms with Gasteiger partial charge in [0.2, 0.25) is 5.91 Å². The summed E-state index contributed by atoms with van der Waals surface area (Å²) in [5.41, 5.74) is 0. The number of rotatable bonds is 44. The van der Waals surface area contributed by atoms with Crippen LogP contribution in [-0.2, 0) is 14.3 Å². The number of nitrogens with one attached hydrogen (secondary N) is 1. The molecule has 11 heteroatoms. The fourth-order valence-corrected chi connectivity index (χ4v) is 8.63. The van der Waals surface area contributed by atoms with E-state index in [0.717, 1.165) is 38.5 Å². The molecule has 1 aliphatic rings. The average Bonchev–Trinajstić information content (AvgIpc) is 3.26. The lowest BCUT2D eigenvalue weighted by Crippen LogP contribution is -2.60. The van der Waals surface area contributed by atoms with Crippen molar-refractivity contribution in [3.8, 4) is 0 Å².